The van der Waals surface area contributed by atoms with E-state index in [0.717, 1.165) is 0 Å². The lowest BCUT2D eigenvalue weighted by Gasteiger charge is -1.94. The fourth-order valence-electron chi connectivity index (χ4n) is 0.701. The summed E-state index contributed by atoms with van der Waals surface area (Å²) >= 11 is 0. The molecule has 0 amide bonds. The Kier molecular flexibility index (Phi) is 2.53. The van der Waals surface area contributed by atoms with Gasteiger partial charge in [-0.1, -0.05) is 5.21 Å². The van der Waals surface area contributed by atoms with Crippen molar-refractivity contribution in [1.82, 2.24) is 15.0 Å². The van der Waals surface area contributed by atoms with Gasteiger partial charge in [-0.2, -0.15) is 0 Å². The van der Waals surface area contributed by atoms with Crippen LogP contribution in [-0.2, 0) is 6.54 Å². The third-order valence-electron chi connectivity index (χ3n) is 1.30. The molecule has 0 fully saturated rings. The van der Waals surface area contributed by atoms with Gasteiger partial charge >= 0.3 is 0 Å². The molecule has 0 saturated heterocycles. The van der Waals surface area contributed by atoms with Gasteiger partial charge in [0.15, 0.2) is 0 Å². The predicted octanol–water partition coefficient (Wildman–Crippen LogP) is 0.301. The molecule has 4 nitrogen and oxygen atoms in total. The minimum absolute atomic E-state index is 0.194. The van der Waals surface area contributed by atoms with Crippen molar-refractivity contribution in [3.05, 3.63) is 11.9 Å². The van der Waals surface area contributed by atoms with Crippen molar-refractivity contribution in [2.24, 2.45) is 0 Å². The van der Waals surface area contributed by atoms with Crippen molar-refractivity contribution >= 4 is 0 Å². The number of aromatic nitrogens is 3. The number of halogens is 1. The Labute approximate surface area is 63.6 Å². The molecule has 0 saturated carbocycles. The smallest absolute Gasteiger partial charge is 0.111 e. The molecular formula is C6H10FN3O. The number of nitrogens with zero attached hydrogens (tertiary/aromatic N) is 3. The molecule has 0 aliphatic heterocycles. The van der Waals surface area contributed by atoms with Gasteiger partial charge in [0.05, 0.1) is 18.8 Å². The van der Waals surface area contributed by atoms with Gasteiger partial charge in [-0.25, -0.2) is 9.07 Å². The van der Waals surface area contributed by atoms with Crippen LogP contribution in [0.4, 0.5) is 4.39 Å². The van der Waals surface area contributed by atoms with E-state index < -0.39 is 12.8 Å². The van der Waals surface area contributed by atoms with Crippen LogP contribution >= 0.6 is 0 Å². The Morgan fingerprint density at radius 2 is 2.55 bits per heavy atom. The van der Waals surface area contributed by atoms with E-state index in [4.69, 9.17) is 5.11 Å². The number of rotatable bonds is 3. The van der Waals surface area contributed by atoms with Crippen LogP contribution in [0, 0.1) is 0 Å². The highest BCUT2D eigenvalue weighted by Gasteiger charge is 2.04. The molecule has 1 rings (SSSR count). The molecule has 11 heavy (non-hydrogen) atoms. The standard InChI is InChI=1S/C6H10FN3O/c1-5(11)6-4-10(3-2-7)9-8-6/h4-5,11H,2-3H2,1H3/t5-/m0/s1. The van der Waals surface area contributed by atoms with Crippen LogP contribution in [0.3, 0.4) is 0 Å². The summed E-state index contributed by atoms with van der Waals surface area (Å²) < 4.78 is 13.1. The summed E-state index contributed by atoms with van der Waals surface area (Å²) in [6.45, 7) is 1.31. The first kappa shape index (κ1) is 8.13. The molecule has 1 aromatic heterocycles. The van der Waals surface area contributed by atoms with E-state index in [9.17, 15) is 4.39 Å². The Balaban J connectivity index is 2.66. The van der Waals surface area contributed by atoms with Gasteiger partial charge < -0.3 is 5.11 Å². The molecule has 5 heteroatoms. The molecule has 1 atom stereocenters. The SMILES string of the molecule is C[C@H](O)c1cn(CCF)nn1. The average molecular weight is 159 g/mol. The first-order valence-electron chi connectivity index (χ1n) is 3.38. The summed E-state index contributed by atoms with van der Waals surface area (Å²) in [6, 6.07) is 0. The second-order valence-corrected chi connectivity index (χ2v) is 2.27. The van der Waals surface area contributed by atoms with Gasteiger partial charge in [-0.15, -0.1) is 5.10 Å². The fourth-order valence-corrected chi connectivity index (χ4v) is 0.701. The highest BCUT2D eigenvalue weighted by atomic mass is 19.1. The van der Waals surface area contributed by atoms with Crippen LogP contribution in [0.15, 0.2) is 6.20 Å². The first-order valence-corrected chi connectivity index (χ1v) is 3.38. The number of hydrogen-bond donors (Lipinski definition) is 1. The zero-order valence-corrected chi connectivity index (χ0v) is 6.24. The Morgan fingerprint density at radius 3 is 3.00 bits per heavy atom. The molecule has 0 aliphatic rings. The van der Waals surface area contributed by atoms with Crippen LogP contribution < -0.4 is 0 Å². The van der Waals surface area contributed by atoms with Gasteiger partial charge in [-0.05, 0) is 6.92 Å². The first-order chi connectivity index (χ1) is 5.24. The molecule has 62 valence electrons. The van der Waals surface area contributed by atoms with E-state index in [-0.39, 0.29) is 6.54 Å². The second-order valence-electron chi connectivity index (χ2n) is 2.27. The van der Waals surface area contributed by atoms with Crippen molar-refractivity contribution < 1.29 is 9.50 Å². The summed E-state index contributed by atoms with van der Waals surface area (Å²) in [4.78, 5) is 0. The van der Waals surface area contributed by atoms with Gasteiger partial charge in [0, 0.05) is 0 Å². The van der Waals surface area contributed by atoms with Crippen LogP contribution in [0.2, 0.25) is 0 Å². The largest absolute Gasteiger partial charge is 0.387 e. The normalized spacial score (nSPS) is 13.4. The van der Waals surface area contributed by atoms with E-state index >= 15 is 0 Å². The van der Waals surface area contributed by atoms with Gasteiger partial charge in [-0.3, -0.25) is 0 Å². The molecule has 0 unspecified atom stereocenters. The molecule has 0 bridgehead atoms. The minimum Gasteiger partial charge on any atom is -0.387 e. The number of aliphatic hydroxyl groups is 1. The number of aryl methyl sites for hydroxylation is 1. The lowest BCUT2D eigenvalue weighted by atomic mass is 10.3. The topological polar surface area (TPSA) is 50.9 Å². The van der Waals surface area contributed by atoms with Crippen molar-refractivity contribution in [2.75, 3.05) is 6.67 Å². The van der Waals surface area contributed by atoms with Gasteiger partial charge in [0.1, 0.15) is 12.4 Å². The van der Waals surface area contributed by atoms with Gasteiger partial charge in [0.25, 0.3) is 0 Å². The maximum absolute atomic E-state index is 11.7. The van der Waals surface area contributed by atoms with Crippen LogP contribution in [-0.4, -0.2) is 26.8 Å². The van der Waals surface area contributed by atoms with E-state index in [1.165, 1.54) is 10.9 Å². The molecule has 0 aromatic carbocycles. The fraction of sp³-hybridized carbons (Fsp3) is 0.667. The second kappa shape index (κ2) is 3.43. The quantitative estimate of drug-likeness (QED) is 0.690. The van der Waals surface area contributed by atoms with Crippen molar-refractivity contribution in [3.8, 4) is 0 Å². The van der Waals surface area contributed by atoms with E-state index in [0.29, 0.717) is 5.69 Å². The van der Waals surface area contributed by atoms with Crippen molar-refractivity contribution in [1.29, 1.82) is 0 Å². The molecule has 0 aliphatic carbocycles. The average Bonchev–Trinajstić information content (AvgIpc) is 2.37. The Bertz CT molecular complexity index is 223. The van der Waals surface area contributed by atoms with E-state index in [1.807, 2.05) is 0 Å². The number of alkyl halides is 1. The maximum atomic E-state index is 11.7. The lowest BCUT2D eigenvalue weighted by molar-refractivity contribution is 0.194. The van der Waals surface area contributed by atoms with Crippen LogP contribution in [0.25, 0.3) is 0 Å². The molecule has 1 aromatic rings. The Hall–Kier alpha value is -0.970. The zero-order chi connectivity index (χ0) is 8.27. The van der Waals surface area contributed by atoms with Crippen molar-refractivity contribution in [3.63, 3.8) is 0 Å². The number of aliphatic hydroxyl groups excluding tert-OH is 1. The zero-order valence-electron chi connectivity index (χ0n) is 6.24. The summed E-state index contributed by atoms with van der Waals surface area (Å²) in [6.07, 6.45) is 0.896. The van der Waals surface area contributed by atoms with E-state index in [1.54, 1.807) is 6.92 Å². The highest BCUT2D eigenvalue weighted by Crippen LogP contribution is 2.05. The third kappa shape index (κ3) is 1.98. The van der Waals surface area contributed by atoms with E-state index in [2.05, 4.69) is 10.3 Å². The van der Waals surface area contributed by atoms with Gasteiger partial charge in [0.2, 0.25) is 0 Å². The summed E-state index contributed by atoms with van der Waals surface area (Å²) in [5.41, 5.74) is 0.471. The molecule has 1 heterocycles. The maximum Gasteiger partial charge on any atom is 0.111 e. The molecule has 1 N–H and O–H groups in total. The third-order valence-corrected chi connectivity index (χ3v) is 1.30. The number of hydrogen-bond acceptors (Lipinski definition) is 3. The lowest BCUT2D eigenvalue weighted by Crippen LogP contribution is -1.99. The summed E-state index contributed by atoms with van der Waals surface area (Å²) in [5.74, 6) is 0. The van der Waals surface area contributed by atoms with Crippen LogP contribution in [0.5, 0.6) is 0 Å². The minimum atomic E-state index is -0.636. The van der Waals surface area contributed by atoms with Crippen molar-refractivity contribution in [2.45, 2.75) is 19.6 Å². The molecular weight excluding hydrogens is 149 g/mol. The molecule has 0 spiro atoms. The predicted molar refractivity (Wildman–Crippen MR) is 36.6 cm³/mol. The molecule has 0 radical (unpaired) electrons. The monoisotopic (exact) mass is 159 g/mol. The highest BCUT2D eigenvalue weighted by molar-refractivity contribution is 4.95. The Morgan fingerprint density at radius 1 is 1.82 bits per heavy atom. The summed E-state index contributed by atoms with van der Waals surface area (Å²) in [5, 5.41) is 16.2. The summed E-state index contributed by atoms with van der Waals surface area (Å²) in [7, 11) is 0. The van der Waals surface area contributed by atoms with Crippen LogP contribution in [0.1, 0.15) is 18.7 Å².